The molecule has 0 saturated heterocycles. The molecule has 4 aliphatic rings. The lowest BCUT2D eigenvalue weighted by atomic mass is 9.31. The summed E-state index contributed by atoms with van der Waals surface area (Å²) in [5.74, 6) is -0.878. The minimum absolute atomic E-state index is 0.245. The molecule has 0 amide bonds. The number of anilines is 15. The Morgan fingerprint density at radius 1 is 0.298 bits per heavy atom. The van der Waals surface area contributed by atoms with Gasteiger partial charge in [-0.3, -0.25) is 0 Å². The average molecular weight is 1230 g/mol. The number of hydrogen-bond acceptors (Lipinski definition) is 6. The highest BCUT2D eigenvalue weighted by Crippen LogP contribution is 2.53. The normalized spacial score (nSPS) is 12.9. The lowest BCUT2D eigenvalue weighted by molar-refractivity contribution is 0.603. The first-order chi connectivity index (χ1) is 46.5. The molecule has 14 aromatic rings. The van der Waals surface area contributed by atoms with Crippen molar-refractivity contribution < 1.29 is 8.78 Å². The van der Waals surface area contributed by atoms with E-state index in [2.05, 4.69) is 280 Å². The number of rotatable bonds is 11. The summed E-state index contributed by atoms with van der Waals surface area (Å²) in [6.45, 7) is -0.911. The van der Waals surface area contributed by atoms with Crippen LogP contribution in [0.1, 0.15) is 0 Å². The van der Waals surface area contributed by atoms with Crippen molar-refractivity contribution in [2.75, 3.05) is 24.5 Å². The van der Waals surface area contributed by atoms with Gasteiger partial charge in [0.15, 0.2) is 5.82 Å². The molecule has 0 fully saturated rings. The predicted molar refractivity (Wildman–Crippen MR) is 391 cm³/mol. The molecular formula is C84H55B2F2N5S. The van der Waals surface area contributed by atoms with E-state index < -0.39 is 25.1 Å². The third kappa shape index (κ3) is 8.92. The number of benzene rings is 14. The summed E-state index contributed by atoms with van der Waals surface area (Å²) in [5.41, 5.74) is 22.8. The van der Waals surface area contributed by atoms with E-state index in [0.29, 0.717) is 16.3 Å². The van der Waals surface area contributed by atoms with E-state index in [1.165, 1.54) is 17.8 Å². The number of para-hydroxylation sites is 8. The molecule has 0 atom stereocenters. The predicted octanol–water partition coefficient (Wildman–Crippen LogP) is 19.1. The maximum atomic E-state index is 20.4. The van der Waals surface area contributed by atoms with Crippen molar-refractivity contribution in [2.24, 2.45) is 0 Å². The molecular weight excluding hydrogens is 1170 g/mol. The van der Waals surface area contributed by atoms with Gasteiger partial charge in [-0.05, 0) is 159 Å². The third-order valence-electron chi connectivity index (χ3n) is 18.9. The summed E-state index contributed by atoms with van der Waals surface area (Å²) in [4.78, 5) is 12.7. The molecule has 5 nitrogen and oxygen atoms in total. The molecule has 18 rings (SSSR count). The highest BCUT2D eigenvalue weighted by atomic mass is 32.2. The summed E-state index contributed by atoms with van der Waals surface area (Å²) in [6, 6.07) is 116. The van der Waals surface area contributed by atoms with Gasteiger partial charge in [-0.15, -0.1) is 0 Å². The molecule has 0 N–H and O–H groups in total. The van der Waals surface area contributed by atoms with Gasteiger partial charge in [-0.25, -0.2) is 8.78 Å². The van der Waals surface area contributed by atoms with Crippen LogP contribution >= 0.6 is 11.8 Å². The molecule has 0 saturated carbocycles. The largest absolute Gasteiger partial charge is 0.311 e. The molecule has 0 aliphatic carbocycles. The van der Waals surface area contributed by atoms with Crippen molar-refractivity contribution in [1.29, 1.82) is 0 Å². The second-order valence-electron chi connectivity index (χ2n) is 24.2. The number of halogens is 2. The number of hydrogen-bond donors (Lipinski definition) is 0. The lowest BCUT2D eigenvalue weighted by Gasteiger charge is -2.46. The van der Waals surface area contributed by atoms with Gasteiger partial charge in [-0.2, -0.15) is 0 Å². The van der Waals surface area contributed by atoms with E-state index in [4.69, 9.17) is 0 Å². The monoisotopic (exact) mass is 1230 g/mol. The van der Waals surface area contributed by atoms with Crippen LogP contribution < -0.4 is 57.3 Å². The Bertz CT molecular complexity index is 5210. The van der Waals surface area contributed by atoms with Gasteiger partial charge >= 0.3 is 0 Å². The van der Waals surface area contributed by atoms with Gasteiger partial charge in [-0.1, -0.05) is 236 Å². The lowest BCUT2D eigenvalue weighted by Crippen LogP contribution is -2.65. The molecule has 4 heterocycles. The Balaban J connectivity index is 0.918. The first-order valence-corrected chi connectivity index (χ1v) is 32.7. The summed E-state index contributed by atoms with van der Waals surface area (Å²) in [6.07, 6.45) is 0. The maximum absolute atomic E-state index is 20.4. The van der Waals surface area contributed by atoms with Crippen molar-refractivity contribution >= 4 is 143 Å². The molecule has 0 bridgehead atoms. The fourth-order valence-electron chi connectivity index (χ4n) is 15.0. The quantitative estimate of drug-likeness (QED) is 0.119. The third-order valence-corrected chi connectivity index (χ3v) is 20.1. The fourth-order valence-corrected chi connectivity index (χ4v) is 16.2. The van der Waals surface area contributed by atoms with Crippen molar-refractivity contribution in [3.8, 4) is 22.3 Å². The molecule has 4 aliphatic heterocycles. The van der Waals surface area contributed by atoms with Crippen molar-refractivity contribution in [2.45, 2.75) is 9.79 Å². The first-order valence-electron chi connectivity index (χ1n) is 31.9. The maximum Gasteiger partial charge on any atom is 0.252 e. The SMILES string of the molecule is Fc1ccccc1N1c2cc(N(c3ccccc3)c3ccccc3)cc3c2B(c2ccccc2N3c2ccccc2)c2cc3c(c(F)c21)Sc1cc(N(c2ccc(-c4ccccc4)cc2)c2ccccc2-c2ccccc2)cc2c1B3c1ccccc1N2c1ccccc1. The van der Waals surface area contributed by atoms with E-state index in [9.17, 15) is 0 Å². The minimum Gasteiger partial charge on any atom is -0.311 e. The molecule has 94 heavy (non-hydrogen) atoms. The summed E-state index contributed by atoms with van der Waals surface area (Å²) >= 11 is 1.47. The van der Waals surface area contributed by atoms with Crippen LogP contribution in [-0.4, -0.2) is 13.4 Å². The summed E-state index contributed by atoms with van der Waals surface area (Å²) in [5, 5.41) is 0. The Morgan fingerprint density at radius 3 is 1.32 bits per heavy atom. The van der Waals surface area contributed by atoms with Crippen LogP contribution in [0.15, 0.2) is 343 Å². The molecule has 10 heteroatoms. The Hall–Kier alpha value is -11.6. The summed E-state index contributed by atoms with van der Waals surface area (Å²) in [7, 11) is 0. The van der Waals surface area contributed by atoms with E-state index in [1.807, 2.05) is 59.5 Å². The van der Waals surface area contributed by atoms with Crippen LogP contribution in [0.3, 0.4) is 0 Å². The standard InChI is InChI=1S/C84H55B2F2N5S/c87-71-42-22-26-46-75(71)93-77-52-64(89(59-31-11-3-12-32-59)60-33-13-4-14-34-60)51-76-80(77)85(67-40-20-24-44-73(67)91(76)61-35-15-5-16-36-61)69-55-70-84(82(88)83(69)93)94-79-54-65(53-78-81(79)86(70)68-41-21-25-45-74(68)92(78)62-37-17-6-18-38-62)90(63-49-47-57(48-50-63)56-27-7-1-8-28-56)72-43-23-19-39-66(72)58-29-9-2-10-30-58/h1-55H. The molecule has 0 spiro atoms. The fraction of sp³-hybridized carbons (Fsp3) is 0. The molecule has 442 valence electrons. The van der Waals surface area contributed by atoms with Crippen LogP contribution in [0.2, 0.25) is 0 Å². The van der Waals surface area contributed by atoms with Gasteiger partial charge in [0.2, 0.25) is 6.71 Å². The highest BCUT2D eigenvalue weighted by Gasteiger charge is 2.49. The molecule has 14 aromatic carbocycles. The minimum atomic E-state index is -0.491. The number of nitrogens with zero attached hydrogens (tertiary/aromatic N) is 5. The average Bonchev–Trinajstić information content (AvgIpc) is 0.686. The van der Waals surface area contributed by atoms with Crippen LogP contribution in [0.5, 0.6) is 0 Å². The van der Waals surface area contributed by atoms with Crippen LogP contribution in [0.4, 0.5) is 94.1 Å². The smallest absolute Gasteiger partial charge is 0.252 e. The van der Waals surface area contributed by atoms with Crippen LogP contribution in [-0.2, 0) is 0 Å². The van der Waals surface area contributed by atoms with Crippen molar-refractivity contribution in [3.05, 3.63) is 345 Å². The Kier molecular flexibility index (Phi) is 13.3. The molecule has 0 unspecified atom stereocenters. The second-order valence-corrected chi connectivity index (χ2v) is 25.2. The van der Waals surface area contributed by atoms with E-state index in [1.54, 1.807) is 12.1 Å². The zero-order valence-corrected chi connectivity index (χ0v) is 51.6. The highest BCUT2D eigenvalue weighted by molar-refractivity contribution is 8.00. The second kappa shape index (κ2) is 22.7. The zero-order valence-electron chi connectivity index (χ0n) is 50.8. The van der Waals surface area contributed by atoms with Gasteiger partial charge in [0.05, 0.1) is 22.7 Å². The van der Waals surface area contributed by atoms with Crippen LogP contribution in [0.25, 0.3) is 22.3 Å². The van der Waals surface area contributed by atoms with Gasteiger partial charge < -0.3 is 24.5 Å². The van der Waals surface area contributed by atoms with Crippen molar-refractivity contribution in [3.63, 3.8) is 0 Å². The van der Waals surface area contributed by atoms with Gasteiger partial charge in [0, 0.05) is 77.9 Å². The first kappa shape index (κ1) is 55.3. The van der Waals surface area contributed by atoms with Crippen LogP contribution in [0, 0.1) is 11.6 Å². The van der Waals surface area contributed by atoms with E-state index in [-0.39, 0.29) is 5.69 Å². The van der Waals surface area contributed by atoms with Crippen molar-refractivity contribution in [1.82, 2.24) is 0 Å². The molecule has 0 aromatic heterocycles. The number of fused-ring (bicyclic) bond motifs is 8. The summed E-state index contributed by atoms with van der Waals surface area (Å²) < 4.78 is 38.0. The topological polar surface area (TPSA) is 16.2 Å². The van der Waals surface area contributed by atoms with Gasteiger partial charge in [0.1, 0.15) is 5.82 Å². The zero-order chi connectivity index (χ0) is 62.4. The van der Waals surface area contributed by atoms with E-state index in [0.717, 1.165) is 128 Å². The van der Waals surface area contributed by atoms with Gasteiger partial charge in [0.25, 0.3) is 6.71 Å². The molecule has 0 radical (unpaired) electrons. The Morgan fingerprint density at radius 2 is 0.734 bits per heavy atom. The Labute approximate surface area is 550 Å². The van der Waals surface area contributed by atoms with E-state index >= 15 is 8.78 Å².